The normalized spacial score (nSPS) is 11.7. The molecule has 0 radical (unpaired) electrons. The van der Waals surface area contributed by atoms with Crippen LogP contribution >= 0.6 is 24.0 Å². The summed E-state index contributed by atoms with van der Waals surface area (Å²) in [6, 6.07) is 4.47. The molecule has 0 aliphatic carbocycles. The molecule has 0 saturated heterocycles. The lowest BCUT2D eigenvalue weighted by molar-refractivity contribution is 0.621. The second kappa shape index (κ2) is 6.83. The molecule has 0 unspecified atom stereocenters. The summed E-state index contributed by atoms with van der Waals surface area (Å²) in [4.78, 5) is 0. The number of rotatable bonds is 4. The number of allylic oxidation sites excluding steroid dienone is 1. The average Bonchev–Trinajstić information content (AvgIpc) is 2.18. The smallest absolute Gasteiger partial charge is 0.141 e. The van der Waals surface area contributed by atoms with E-state index in [2.05, 4.69) is 6.58 Å². The summed E-state index contributed by atoms with van der Waals surface area (Å²) in [5, 5.41) is 0.122. The maximum absolute atomic E-state index is 12.8. The van der Waals surface area contributed by atoms with Crippen LogP contribution in [0.2, 0.25) is 5.02 Å². The average molecular weight is 250 g/mol. The molecule has 0 aliphatic rings. The Hall–Kier alpha value is -0.570. The van der Waals surface area contributed by atoms with Crippen molar-refractivity contribution in [2.75, 3.05) is 0 Å². The number of benzene rings is 1. The fourth-order valence-electron chi connectivity index (χ4n) is 1.21. The van der Waals surface area contributed by atoms with E-state index in [0.29, 0.717) is 0 Å². The van der Waals surface area contributed by atoms with Gasteiger partial charge in [-0.3, -0.25) is 0 Å². The van der Waals surface area contributed by atoms with Crippen molar-refractivity contribution in [3.05, 3.63) is 47.3 Å². The number of nitrogens with two attached hydrogens (primary N) is 1. The molecule has 0 aromatic heterocycles. The van der Waals surface area contributed by atoms with Gasteiger partial charge in [-0.25, -0.2) is 4.39 Å². The molecule has 0 fully saturated rings. The maximum atomic E-state index is 12.8. The first-order valence-corrected chi connectivity index (χ1v) is 4.84. The SMILES string of the molecule is C=CCC[C@@H](N)c1ccc(F)c(Cl)c1.Cl. The third kappa shape index (κ3) is 4.20. The van der Waals surface area contributed by atoms with E-state index >= 15 is 0 Å². The topological polar surface area (TPSA) is 26.0 Å². The van der Waals surface area contributed by atoms with Crippen LogP contribution in [0.25, 0.3) is 0 Å². The number of hydrogen-bond donors (Lipinski definition) is 1. The summed E-state index contributed by atoms with van der Waals surface area (Å²) in [5.74, 6) is -0.411. The molecule has 0 spiro atoms. The Morgan fingerprint density at radius 1 is 1.53 bits per heavy atom. The Kier molecular flexibility index (Phi) is 6.57. The van der Waals surface area contributed by atoms with Gasteiger partial charge in [0.25, 0.3) is 0 Å². The van der Waals surface area contributed by atoms with E-state index in [4.69, 9.17) is 17.3 Å². The third-order valence-corrected chi connectivity index (χ3v) is 2.34. The van der Waals surface area contributed by atoms with Gasteiger partial charge in [0.05, 0.1) is 5.02 Å². The van der Waals surface area contributed by atoms with Crippen LogP contribution in [0.4, 0.5) is 4.39 Å². The van der Waals surface area contributed by atoms with E-state index < -0.39 is 5.82 Å². The number of hydrogen-bond acceptors (Lipinski definition) is 1. The van der Waals surface area contributed by atoms with Gasteiger partial charge >= 0.3 is 0 Å². The van der Waals surface area contributed by atoms with Crippen LogP contribution in [0.1, 0.15) is 24.4 Å². The highest BCUT2D eigenvalue weighted by molar-refractivity contribution is 6.30. The van der Waals surface area contributed by atoms with E-state index in [0.717, 1.165) is 18.4 Å². The van der Waals surface area contributed by atoms with Crippen molar-refractivity contribution in [3.8, 4) is 0 Å². The van der Waals surface area contributed by atoms with E-state index in [-0.39, 0.29) is 23.5 Å². The molecule has 0 amide bonds. The first-order chi connectivity index (χ1) is 6.65. The van der Waals surface area contributed by atoms with Crippen LogP contribution in [-0.4, -0.2) is 0 Å². The quantitative estimate of drug-likeness (QED) is 0.806. The molecule has 0 heterocycles. The summed E-state index contributed by atoms with van der Waals surface area (Å²) >= 11 is 5.64. The predicted molar refractivity (Wildman–Crippen MR) is 65.0 cm³/mol. The third-order valence-electron chi connectivity index (χ3n) is 2.05. The van der Waals surface area contributed by atoms with E-state index in [1.54, 1.807) is 12.1 Å². The summed E-state index contributed by atoms with van der Waals surface area (Å²) < 4.78 is 12.8. The van der Waals surface area contributed by atoms with Crippen molar-refractivity contribution in [2.24, 2.45) is 5.73 Å². The Labute approximate surface area is 101 Å². The van der Waals surface area contributed by atoms with Crippen molar-refractivity contribution in [3.63, 3.8) is 0 Å². The molecule has 1 nitrogen and oxygen atoms in total. The van der Waals surface area contributed by atoms with Crippen LogP contribution in [0.3, 0.4) is 0 Å². The van der Waals surface area contributed by atoms with Crippen molar-refractivity contribution in [2.45, 2.75) is 18.9 Å². The fraction of sp³-hybridized carbons (Fsp3) is 0.273. The zero-order valence-corrected chi connectivity index (χ0v) is 9.82. The fourth-order valence-corrected chi connectivity index (χ4v) is 1.40. The van der Waals surface area contributed by atoms with Crippen LogP contribution in [0, 0.1) is 5.82 Å². The molecule has 1 aromatic carbocycles. The van der Waals surface area contributed by atoms with Gasteiger partial charge in [-0.1, -0.05) is 23.7 Å². The second-order valence-corrected chi connectivity index (χ2v) is 3.55. The van der Waals surface area contributed by atoms with Crippen LogP contribution in [0.5, 0.6) is 0 Å². The zero-order chi connectivity index (χ0) is 10.6. The molecular formula is C11H14Cl2FN. The zero-order valence-electron chi connectivity index (χ0n) is 8.25. The highest BCUT2D eigenvalue weighted by Gasteiger charge is 2.07. The highest BCUT2D eigenvalue weighted by atomic mass is 35.5. The van der Waals surface area contributed by atoms with E-state index in [1.165, 1.54) is 6.07 Å². The molecule has 0 bridgehead atoms. The van der Waals surface area contributed by atoms with E-state index in [9.17, 15) is 4.39 Å². The molecule has 2 N–H and O–H groups in total. The van der Waals surface area contributed by atoms with Gasteiger partial charge in [0.15, 0.2) is 0 Å². The molecule has 0 aliphatic heterocycles. The summed E-state index contributed by atoms with van der Waals surface area (Å²) in [6.07, 6.45) is 3.45. The van der Waals surface area contributed by atoms with Crippen LogP contribution in [0.15, 0.2) is 30.9 Å². The maximum Gasteiger partial charge on any atom is 0.141 e. The lowest BCUT2D eigenvalue weighted by Gasteiger charge is -2.10. The van der Waals surface area contributed by atoms with Gasteiger partial charge in [0, 0.05) is 6.04 Å². The Bertz CT molecular complexity index is 328. The summed E-state index contributed by atoms with van der Waals surface area (Å²) in [7, 11) is 0. The van der Waals surface area contributed by atoms with Crippen LogP contribution in [-0.2, 0) is 0 Å². The lowest BCUT2D eigenvalue weighted by Crippen LogP contribution is -2.09. The Morgan fingerprint density at radius 2 is 2.20 bits per heavy atom. The minimum absolute atomic E-state index is 0. The van der Waals surface area contributed by atoms with Gasteiger partial charge in [0.1, 0.15) is 5.82 Å². The van der Waals surface area contributed by atoms with Crippen molar-refractivity contribution >= 4 is 24.0 Å². The van der Waals surface area contributed by atoms with Gasteiger partial charge < -0.3 is 5.73 Å². The summed E-state index contributed by atoms with van der Waals surface area (Å²) in [6.45, 7) is 3.62. The molecule has 1 aromatic rings. The number of halogens is 3. The van der Waals surface area contributed by atoms with Crippen molar-refractivity contribution < 1.29 is 4.39 Å². The summed E-state index contributed by atoms with van der Waals surface area (Å²) in [5.41, 5.74) is 6.73. The van der Waals surface area contributed by atoms with Gasteiger partial charge in [0.2, 0.25) is 0 Å². The first-order valence-electron chi connectivity index (χ1n) is 4.46. The molecule has 4 heteroatoms. The molecule has 1 rings (SSSR count). The minimum Gasteiger partial charge on any atom is -0.324 e. The van der Waals surface area contributed by atoms with Gasteiger partial charge in [-0.2, -0.15) is 0 Å². The Balaban J connectivity index is 0.00000196. The Morgan fingerprint density at radius 3 is 2.73 bits per heavy atom. The molecule has 1 atom stereocenters. The second-order valence-electron chi connectivity index (χ2n) is 3.15. The minimum atomic E-state index is -0.411. The van der Waals surface area contributed by atoms with Gasteiger partial charge in [-0.05, 0) is 30.5 Å². The monoisotopic (exact) mass is 249 g/mol. The largest absolute Gasteiger partial charge is 0.324 e. The molecule has 0 saturated carbocycles. The molecule has 84 valence electrons. The standard InChI is InChI=1S/C11H13ClFN.ClH/c1-2-3-4-11(14)8-5-6-10(13)9(12)7-8;/h2,5-7,11H,1,3-4,14H2;1H/t11-;/m1./s1. The first kappa shape index (κ1) is 14.4. The van der Waals surface area contributed by atoms with E-state index in [1.807, 2.05) is 6.08 Å². The van der Waals surface area contributed by atoms with Gasteiger partial charge in [-0.15, -0.1) is 19.0 Å². The van der Waals surface area contributed by atoms with Crippen molar-refractivity contribution in [1.82, 2.24) is 0 Å². The lowest BCUT2D eigenvalue weighted by atomic mass is 10.0. The molecule has 15 heavy (non-hydrogen) atoms. The molecular weight excluding hydrogens is 236 g/mol. The van der Waals surface area contributed by atoms with Crippen molar-refractivity contribution in [1.29, 1.82) is 0 Å². The predicted octanol–water partition coefficient (Wildman–Crippen LogP) is 3.87. The van der Waals surface area contributed by atoms with Crippen LogP contribution < -0.4 is 5.73 Å². The highest BCUT2D eigenvalue weighted by Crippen LogP contribution is 2.22.